The number of amides is 2. The van der Waals surface area contributed by atoms with Gasteiger partial charge in [-0.05, 0) is 88.0 Å². The van der Waals surface area contributed by atoms with Crippen molar-refractivity contribution in [3.8, 4) is 0 Å². The topological polar surface area (TPSA) is 86.3 Å². The number of hydrogen-bond acceptors (Lipinski definition) is 6. The Morgan fingerprint density at radius 2 is 1.90 bits per heavy atom. The number of piperidine rings is 1. The number of likely N-dealkylation sites (tertiary alicyclic amines) is 1. The molecular weight excluding hydrogens is 495 g/mol. The molecule has 8 nitrogen and oxygen atoms in total. The fourth-order valence-electron chi connectivity index (χ4n) is 7.82. The molecule has 2 amide bonds. The van der Waals surface area contributed by atoms with E-state index in [9.17, 15) is 9.59 Å². The number of benzene rings is 1. The number of rotatable bonds is 6. The Kier molecular flexibility index (Phi) is 6.50. The van der Waals surface area contributed by atoms with Crippen LogP contribution in [0, 0.1) is 29.1 Å². The summed E-state index contributed by atoms with van der Waals surface area (Å²) >= 11 is 0. The highest BCUT2D eigenvalue weighted by Crippen LogP contribution is 2.65. The summed E-state index contributed by atoms with van der Waals surface area (Å²) in [5, 5.41) is 3.07. The minimum atomic E-state index is -0.567. The first-order valence-corrected chi connectivity index (χ1v) is 14.7. The van der Waals surface area contributed by atoms with Crippen LogP contribution in [0.3, 0.4) is 0 Å². The van der Waals surface area contributed by atoms with Crippen molar-refractivity contribution >= 4 is 19.3 Å². The molecule has 39 heavy (non-hydrogen) atoms. The number of fused-ring (bicyclic) bond motifs is 1. The van der Waals surface area contributed by atoms with E-state index in [-0.39, 0.29) is 35.9 Å². The van der Waals surface area contributed by atoms with Crippen LogP contribution in [0.4, 0.5) is 9.59 Å². The number of nitrogens with zero attached hydrogens (tertiary/aromatic N) is 1. The van der Waals surface area contributed by atoms with Crippen molar-refractivity contribution in [2.24, 2.45) is 29.1 Å². The maximum Gasteiger partial charge on any atom is 0.482 e. The first kappa shape index (κ1) is 26.9. The lowest BCUT2D eigenvalue weighted by Gasteiger charge is -2.64. The molecule has 7 rings (SSSR count). The van der Waals surface area contributed by atoms with Gasteiger partial charge in [0, 0.05) is 6.54 Å². The number of hydrogen-bond donors (Lipinski definition) is 1. The molecule has 2 aliphatic heterocycles. The van der Waals surface area contributed by atoms with Crippen molar-refractivity contribution < 1.29 is 28.4 Å². The van der Waals surface area contributed by atoms with Gasteiger partial charge in [0.05, 0.1) is 23.7 Å². The van der Waals surface area contributed by atoms with Crippen LogP contribution in [-0.2, 0) is 25.2 Å². The SMILES string of the molecule is CC(C)(C)OC(=O)N1C[C@H]2C[C@H]2[C@H]1COC(=O)N[C@@H](Cc1ccccc1)B1O[C@@H]2C[C@@H]3C[C@@H](C3(C)C)[C@]2(C)O1. The molecule has 0 aromatic heterocycles. The van der Waals surface area contributed by atoms with E-state index in [1.165, 1.54) is 6.42 Å². The lowest BCUT2D eigenvalue weighted by Crippen LogP contribution is -2.65. The summed E-state index contributed by atoms with van der Waals surface area (Å²) in [7, 11) is -0.555. The Balaban J connectivity index is 1.12. The van der Waals surface area contributed by atoms with Gasteiger partial charge < -0.3 is 29.0 Å². The van der Waals surface area contributed by atoms with Crippen molar-refractivity contribution in [1.82, 2.24) is 10.2 Å². The highest BCUT2D eigenvalue weighted by molar-refractivity contribution is 6.47. The van der Waals surface area contributed by atoms with Gasteiger partial charge in [-0.15, -0.1) is 0 Å². The highest BCUT2D eigenvalue weighted by atomic mass is 16.7. The molecule has 6 aliphatic rings. The van der Waals surface area contributed by atoms with Gasteiger partial charge in [0.25, 0.3) is 0 Å². The second-order valence-electron chi connectivity index (χ2n) is 14.2. The molecule has 0 spiro atoms. The fourth-order valence-corrected chi connectivity index (χ4v) is 7.82. The molecule has 212 valence electrons. The minimum Gasteiger partial charge on any atom is -0.447 e. The maximum atomic E-state index is 13.2. The maximum absolute atomic E-state index is 13.2. The summed E-state index contributed by atoms with van der Waals surface area (Å²) in [6.45, 7) is 13.3. The van der Waals surface area contributed by atoms with E-state index in [0.717, 1.165) is 18.4 Å². The van der Waals surface area contributed by atoms with E-state index in [4.69, 9.17) is 18.8 Å². The molecule has 1 N–H and O–H groups in total. The first-order chi connectivity index (χ1) is 18.3. The molecule has 8 atom stereocenters. The lowest BCUT2D eigenvalue weighted by atomic mass is 9.43. The molecular formula is C30H43BN2O6. The molecule has 4 aliphatic carbocycles. The number of carbonyl (C=O) groups is 2. The largest absolute Gasteiger partial charge is 0.482 e. The smallest absolute Gasteiger partial charge is 0.447 e. The standard InChI is InChI=1S/C30H43BN2O6/c1-28(2,3)37-27(35)33-16-19-13-21(19)22(33)17-36-26(34)32-25(12-18-10-8-7-9-11-18)31-38-24-15-20-14-23(29(20,4)5)30(24,6)39-31/h7-11,19-25H,12-17H2,1-6H3,(H,32,34)/t19-,20+,21-,22-,23+,24-,25+,30+/m1/s1. The number of carbonyl (C=O) groups excluding carboxylic acids is 2. The Hall–Kier alpha value is -2.26. The summed E-state index contributed by atoms with van der Waals surface area (Å²) in [4.78, 5) is 27.7. The van der Waals surface area contributed by atoms with E-state index in [0.29, 0.717) is 36.6 Å². The normalized spacial score (nSPS) is 36.4. The van der Waals surface area contributed by atoms with E-state index in [2.05, 4.69) is 26.1 Å². The third kappa shape index (κ3) is 4.94. The average Bonchev–Trinajstić information content (AvgIpc) is 3.38. The van der Waals surface area contributed by atoms with Gasteiger partial charge in [0.15, 0.2) is 0 Å². The predicted molar refractivity (Wildman–Crippen MR) is 147 cm³/mol. The lowest BCUT2D eigenvalue weighted by molar-refractivity contribution is -0.199. The molecule has 0 radical (unpaired) electrons. The third-order valence-corrected chi connectivity index (χ3v) is 10.2. The van der Waals surface area contributed by atoms with Crippen LogP contribution in [0.25, 0.3) is 0 Å². The van der Waals surface area contributed by atoms with Crippen molar-refractivity contribution in [3.63, 3.8) is 0 Å². The Morgan fingerprint density at radius 1 is 1.15 bits per heavy atom. The van der Waals surface area contributed by atoms with Gasteiger partial charge in [0.2, 0.25) is 0 Å². The Morgan fingerprint density at radius 3 is 2.59 bits per heavy atom. The summed E-state index contributed by atoms with van der Waals surface area (Å²) < 4.78 is 24.6. The fraction of sp³-hybridized carbons (Fsp3) is 0.733. The summed E-state index contributed by atoms with van der Waals surface area (Å²) in [5.41, 5.74) is 0.407. The van der Waals surface area contributed by atoms with Gasteiger partial charge in [-0.3, -0.25) is 0 Å². The molecule has 2 saturated heterocycles. The monoisotopic (exact) mass is 538 g/mol. The zero-order valence-electron chi connectivity index (χ0n) is 24.1. The highest BCUT2D eigenvalue weighted by Gasteiger charge is 2.68. The van der Waals surface area contributed by atoms with Crippen LogP contribution in [0.1, 0.15) is 66.4 Å². The van der Waals surface area contributed by atoms with Crippen LogP contribution < -0.4 is 5.32 Å². The quantitative estimate of drug-likeness (QED) is 0.522. The van der Waals surface area contributed by atoms with E-state index >= 15 is 0 Å². The molecule has 9 heteroatoms. The molecule has 4 saturated carbocycles. The zero-order valence-corrected chi connectivity index (χ0v) is 24.1. The van der Waals surface area contributed by atoms with Gasteiger partial charge in [-0.2, -0.15) is 0 Å². The van der Waals surface area contributed by atoms with Crippen LogP contribution in [0.15, 0.2) is 30.3 Å². The van der Waals surface area contributed by atoms with E-state index in [1.807, 2.05) is 51.1 Å². The molecule has 1 aromatic carbocycles. The Bertz CT molecular complexity index is 1110. The minimum absolute atomic E-state index is 0.0306. The second kappa shape index (κ2) is 9.40. The van der Waals surface area contributed by atoms with Crippen molar-refractivity contribution in [3.05, 3.63) is 35.9 Å². The third-order valence-electron chi connectivity index (χ3n) is 10.2. The van der Waals surface area contributed by atoms with Gasteiger partial charge in [-0.25, -0.2) is 9.59 Å². The van der Waals surface area contributed by atoms with Gasteiger partial charge >= 0.3 is 19.3 Å². The van der Waals surface area contributed by atoms with Crippen LogP contribution in [0.2, 0.25) is 0 Å². The van der Waals surface area contributed by atoms with Gasteiger partial charge in [-0.1, -0.05) is 44.2 Å². The zero-order chi connectivity index (χ0) is 27.7. The predicted octanol–water partition coefficient (Wildman–Crippen LogP) is 4.85. The van der Waals surface area contributed by atoms with E-state index < -0.39 is 24.8 Å². The molecule has 1 aromatic rings. The molecule has 0 unspecified atom stereocenters. The Labute approximate surface area is 232 Å². The summed E-state index contributed by atoms with van der Waals surface area (Å²) in [5.74, 6) is 1.53. The molecule has 6 fully saturated rings. The number of nitrogens with one attached hydrogen (secondary N) is 1. The molecule has 2 heterocycles. The van der Waals surface area contributed by atoms with Crippen molar-refractivity contribution in [1.29, 1.82) is 0 Å². The van der Waals surface area contributed by atoms with Crippen LogP contribution in [-0.4, -0.2) is 66.6 Å². The van der Waals surface area contributed by atoms with Crippen LogP contribution >= 0.6 is 0 Å². The number of alkyl carbamates (subject to hydrolysis) is 1. The first-order valence-electron chi connectivity index (χ1n) is 14.7. The van der Waals surface area contributed by atoms with Gasteiger partial charge in [0.1, 0.15) is 12.2 Å². The molecule has 2 bridgehead atoms. The van der Waals surface area contributed by atoms with Crippen molar-refractivity contribution in [2.75, 3.05) is 13.2 Å². The summed E-state index contributed by atoms with van der Waals surface area (Å²) in [6.07, 6.45) is 2.98. The summed E-state index contributed by atoms with van der Waals surface area (Å²) in [6, 6.07) is 9.92. The number of ether oxygens (including phenoxy) is 2. The van der Waals surface area contributed by atoms with Crippen LogP contribution in [0.5, 0.6) is 0 Å². The average molecular weight is 538 g/mol. The van der Waals surface area contributed by atoms with E-state index in [1.54, 1.807) is 4.90 Å². The van der Waals surface area contributed by atoms with Crippen molar-refractivity contribution in [2.45, 2.75) is 96.5 Å². The second-order valence-corrected chi connectivity index (χ2v) is 14.2.